The molecule has 98 valence electrons. The second kappa shape index (κ2) is 4.45. The molecule has 1 N–H and O–H groups in total. The van der Waals surface area contributed by atoms with Crippen molar-refractivity contribution >= 4 is 5.97 Å². The first-order valence-corrected chi connectivity index (χ1v) is 5.54. The molecule has 0 radical (unpaired) electrons. The Bertz CT molecular complexity index is 296. The molecule has 2 bridgehead atoms. The van der Waals surface area contributed by atoms with Crippen LogP contribution < -0.4 is 0 Å². The van der Waals surface area contributed by atoms with Gasteiger partial charge in [-0.3, -0.25) is 9.69 Å². The molecule has 2 heterocycles. The molecule has 3 unspecified atom stereocenters. The van der Waals surface area contributed by atoms with Crippen molar-refractivity contribution in [1.29, 1.82) is 0 Å². The Labute approximate surface area is 96.3 Å². The van der Waals surface area contributed by atoms with Gasteiger partial charge in [0.05, 0.1) is 18.6 Å². The number of rotatable bonds is 3. The SMILES string of the molecule is O=C(O)CC(N1CC2CCC(C1)O2)C(F)(F)F. The fourth-order valence-electron chi connectivity index (χ4n) is 2.52. The topological polar surface area (TPSA) is 49.8 Å². The largest absolute Gasteiger partial charge is 0.481 e. The van der Waals surface area contributed by atoms with Crippen molar-refractivity contribution in [3.05, 3.63) is 0 Å². The van der Waals surface area contributed by atoms with Gasteiger partial charge >= 0.3 is 12.1 Å². The zero-order chi connectivity index (χ0) is 12.6. The summed E-state index contributed by atoms with van der Waals surface area (Å²) in [6.07, 6.45) is -4.23. The van der Waals surface area contributed by atoms with E-state index in [9.17, 15) is 18.0 Å². The lowest BCUT2D eigenvalue weighted by Crippen LogP contribution is -2.54. The zero-order valence-corrected chi connectivity index (χ0v) is 9.11. The van der Waals surface area contributed by atoms with Crippen molar-refractivity contribution < 1.29 is 27.8 Å². The lowest BCUT2D eigenvalue weighted by Gasteiger charge is -2.38. The second-order valence-electron chi connectivity index (χ2n) is 4.57. The van der Waals surface area contributed by atoms with Crippen LogP contribution in [-0.4, -0.2) is 53.5 Å². The maximum absolute atomic E-state index is 12.8. The van der Waals surface area contributed by atoms with Crippen LogP contribution in [0.3, 0.4) is 0 Å². The zero-order valence-electron chi connectivity index (χ0n) is 9.11. The second-order valence-corrected chi connectivity index (χ2v) is 4.57. The summed E-state index contributed by atoms with van der Waals surface area (Å²) in [7, 11) is 0. The molecule has 7 heteroatoms. The molecule has 0 aliphatic carbocycles. The Hall–Kier alpha value is -0.820. The molecule has 0 spiro atoms. The molecule has 0 saturated carbocycles. The van der Waals surface area contributed by atoms with Crippen molar-refractivity contribution in [2.75, 3.05) is 13.1 Å². The van der Waals surface area contributed by atoms with Crippen LogP contribution in [-0.2, 0) is 9.53 Å². The van der Waals surface area contributed by atoms with Crippen molar-refractivity contribution in [2.24, 2.45) is 0 Å². The van der Waals surface area contributed by atoms with Crippen LogP contribution in [0.4, 0.5) is 13.2 Å². The lowest BCUT2D eigenvalue weighted by molar-refractivity contribution is -0.203. The summed E-state index contributed by atoms with van der Waals surface area (Å²) < 4.78 is 43.8. The molecule has 0 aromatic rings. The minimum Gasteiger partial charge on any atom is -0.481 e. The number of halogens is 3. The first kappa shape index (κ1) is 12.6. The van der Waals surface area contributed by atoms with Gasteiger partial charge < -0.3 is 9.84 Å². The molecule has 17 heavy (non-hydrogen) atoms. The van der Waals surface area contributed by atoms with Gasteiger partial charge in [-0.15, -0.1) is 0 Å². The van der Waals surface area contributed by atoms with Gasteiger partial charge in [0.15, 0.2) is 0 Å². The first-order chi connectivity index (χ1) is 7.86. The number of morpholine rings is 1. The molecule has 2 aliphatic heterocycles. The number of carboxylic acid groups (broad SMARTS) is 1. The molecule has 2 rings (SSSR count). The van der Waals surface area contributed by atoms with Crippen molar-refractivity contribution in [3.8, 4) is 0 Å². The van der Waals surface area contributed by atoms with Gasteiger partial charge in [0.25, 0.3) is 0 Å². The van der Waals surface area contributed by atoms with Crippen LogP contribution in [0.1, 0.15) is 19.3 Å². The minimum atomic E-state index is -4.50. The summed E-state index contributed by atoms with van der Waals surface area (Å²) in [5.41, 5.74) is 0. The highest BCUT2D eigenvalue weighted by atomic mass is 19.4. The van der Waals surface area contributed by atoms with E-state index < -0.39 is 24.6 Å². The Balaban J connectivity index is 2.07. The number of fused-ring (bicyclic) bond motifs is 2. The van der Waals surface area contributed by atoms with Gasteiger partial charge in [-0.2, -0.15) is 13.2 Å². The normalized spacial score (nSPS) is 31.5. The highest BCUT2D eigenvalue weighted by molar-refractivity contribution is 5.67. The molecule has 2 saturated heterocycles. The maximum atomic E-state index is 12.8. The number of hydrogen-bond donors (Lipinski definition) is 1. The molecule has 3 atom stereocenters. The molecule has 0 aromatic heterocycles. The van der Waals surface area contributed by atoms with E-state index >= 15 is 0 Å². The maximum Gasteiger partial charge on any atom is 0.404 e. The quantitative estimate of drug-likeness (QED) is 0.822. The predicted molar refractivity (Wildman–Crippen MR) is 51.6 cm³/mol. The van der Waals surface area contributed by atoms with Gasteiger partial charge in [0, 0.05) is 13.1 Å². The van der Waals surface area contributed by atoms with Crippen LogP contribution in [0.15, 0.2) is 0 Å². The number of aliphatic carboxylic acids is 1. The number of carbonyl (C=O) groups is 1. The summed E-state index contributed by atoms with van der Waals surface area (Å²) in [6, 6.07) is -1.90. The number of likely N-dealkylation sites (tertiary alicyclic amines) is 1. The van der Waals surface area contributed by atoms with Crippen molar-refractivity contribution in [3.63, 3.8) is 0 Å². The summed E-state index contributed by atoms with van der Waals surface area (Å²) in [5.74, 6) is -1.42. The van der Waals surface area contributed by atoms with E-state index in [-0.39, 0.29) is 25.3 Å². The number of alkyl halides is 3. The van der Waals surface area contributed by atoms with Gasteiger partial charge in [0.2, 0.25) is 0 Å². The fraction of sp³-hybridized carbons (Fsp3) is 0.900. The summed E-state index contributed by atoms with van der Waals surface area (Å²) in [5, 5.41) is 8.57. The van der Waals surface area contributed by atoms with Crippen LogP contribution in [0.5, 0.6) is 0 Å². The van der Waals surface area contributed by atoms with Crippen LogP contribution in [0.2, 0.25) is 0 Å². The van der Waals surface area contributed by atoms with Crippen LogP contribution in [0.25, 0.3) is 0 Å². The molecule has 0 aromatic carbocycles. The lowest BCUT2D eigenvalue weighted by atomic mass is 10.1. The number of ether oxygens (including phenoxy) is 1. The van der Waals surface area contributed by atoms with Gasteiger partial charge in [-0.05, 0) is 12.8 Å². The molecular formula is C10H14F3NO3. The predicted octanol–water partition coefficient (Wildman–Crippen LogP) is 1.26. The molecule has 2 fully saturated rings. The molecule has 4 nitrogen and oxygen atoms in total. The summed E-state index contributed by atoms with van der Waals surface area (Å²) >= 11 is 0. The fourth-order valence-corrected chi connectivity index (χ4v) is 2.52. The third-order valence-electron chi connectivity index (χ3n) is 3.26. The smallest absolute Gasteiger partial charge is 0.404 e. The van der Waals surface area contributed by atoms with Gasteiger partial charge in [0.1, 0.15) is 6.04 Å². The Morgan fingerprint density at radius 3 is 2.29 bits per heavy atom. The highest BCUT2D eigenvalue weighted by Crippen LogP contribution is 2.33. The molecular weight excluding hydrogens is 239 g/mol. The number of carboxylic acids is 1. The van der Waals surface area contributed by atoms with Gasteiger partial charge in [-0.25, -0.2) is 0 Å². The third kappa shape index (κ3) is 2.90. The summed E-state index contributed by atoms with van der Waals surface area (Å²) in [4.78, 5) is 11.7. The van der Waals surface area contributed by atoms with Crippen LogP contribution >= 0.6 is 0 Å². The average Bonchev–Trinajstić information content (AvgIpc) is 2.52. The van der Waals surface area contributed by atoms with Crippen molar-refractivity contribution in [2.45, 2.75) is 43.7 Å². The Morgan fingerprint density at radius 1 is 1.35 bits per heavy atom. The standard InChI is InChI=1S/C10H14F3NO3/c11-10(12,13)8(3-9(15)16)14-4-6-1-2-7(5-14)17-6/h6-8H,1-5H2,(H,15,16). The summed E-state index contributed by atoms with van der Waals surface area (Å²) in [6.45, 7) is 0.349. The van der Waals surface area contributed by atoms with E-state index in [1.165, 1.54) is 4.90 Å². The van der Waals surface area contributed by atoms with E-state index in [1.54, 1.807) is 0 Å². The molecule has 2 aliphatic rings. The van der Waals surface area contributed by atoms with Gasteiger partial charge in [-0.1, -0.05) is 0 Å². The van der Waals surface area contributed by atoms with Crippen molar-refractivity contribution in [1.82, 2.24) is 4.90 Å². The molecule has 0 amide bonds. The van der Waals surface area contributed by atoms with E-state index in [0.29, 0.717) is 0 Å². The first-order valence-electron chi connectivity index (χ1n) is 5.54. The number of hydrogen-bond acceptors (Lipinski definition) is 3. The van der Waals surface area contributed by atoms with E-state index in [2.05, 4.69) is 0 Å². The monoisotopic (exact) mass is 253 g/mol. The minimum absolute atomic E-state index is 0.174. The number of nitrogens with zero attached hydrogens (tertiary/aromatic N) is 1. The van der Waals surface area contributed by atoms with Crippen LogP contribution in [0, 0.1) is 0 Å². The van der Waals surface area contributed by atoms with E-state index in [1.807, 2.05) is 0 Å². The Morgan fingerprint density at radius 2 is 1.88 bits per heavy atom. The van der Waals surface area contributed by atoms with E-state index in [4.69, 9.17) is 9.84 Å². The highest BCUT2D eigenvalue weighted by Gasteiger charge is 2.48. The van der Waals surface area contributed by atoms with E-state index in [0.717, 1.165) is 12.8 Å². The Kier molecular flexibility index (Phi) is 3.31. The average molecular weight is 253 g/mol. The third-order valence-corrected chi connectivity index (χ3v) is 3.26.